The van der Waals surface area contributed by atoms with Gasteiger partial charge in [0, 0.05) is 33.2 Å². The molecule has 2 aromatic rings. The van der Waals surface area contributed by atoms with E-state index in [9.17, 15) is 0 Å². The minimum atomic E-state index is -0.0204. The van der Waals surface area contributed by atoms with E-state index in [0.717, 1.165) is 15.2 Å². The molecule has 1 unspecified atom stereocenters. The molecule has 0 radical (unpaired) electrons. The Morgan fingerprint density at radius 3 is 2.88 bits per heavy atom. The van der Waals surface area contributed by atoms with Crippen LogP contribution in [0.1, 0.15) is 36.6 Å². The van der Waals surface area contributed by atoms with Crippen molar-refractivity contribution in [3.8, 4) is 0 Å². The molecule has 2 N–H and O–H groups in total. The summed E-state index contributed by atoms with van der Waals surface area (Å²) in [4.78, 5) is 5.44. The standard InChI is InChI=1S/C11H15BrN4S/c1-7(2)16-11(14-6-15-16)4-9(13)10-3-8(12)5-17-10/h3,5-7,9H,4,13H2,1-2H3. The third kappa shape index (κ3) is 2.94. The van der Waals surface area contributed by atoms with E-state index in [2.05, 4.69) is 45.9 Å². The van der Waals surface area contributed by atoms with Crippen LogP contribution in [-0.2, 0) is 6.42 Å². The average molecular weight is 315 g/mol. The minimum Gasteiger partial charge on any atom is -0.323 e. The highest BCUT2D eigenvalue weighted by Gasteiger charge is 2.14. The molecule has 2 aromatic heterocycles. The van der Waals surface area contributed by atoms with E-state index in [-0.39, 0.29) is 6.04 Å². The van der Waals surface area contributed by atoms with E-state index in [1.807, 2.05) is 10.1 Å². The van der Waals surface area contributed by atoms with Gasteiger partial charge in [-0.15, -0.1) is 11.3 Å². The van der Waals surface area contributed by atoms with Crippen LogP contribution in [-0.4, -0.2) is 14.8 Å². The van der Waals surface area contributed by atoms with Crippen molar-refractivity contribution in [3.63, 3.8) is 0 Å². The van der Waals surface area contributed by atoms with Gasteiger partial charge in [-0.2, -0.15) is 5.10 Å². The summed E-state index contributed by atoms with van der Waals surface area (Å²) < 4.78 is 3.00. The molecule has 0 aromatic carbocycles. The first-order chi connectivity index (χ1) is 8.08. The van der Waals surface area contributed by atoms with Gasteiger partial charge in [0.05, 0.1) is 0 Å². The number of rotatable bonds is 4. The van der Waals surface area contributed by atoms with Gasteiger partial charge in [0.15, 0.2) is 0 Å². The van der Waals surface area contributed by atoms with Crippen molar-refractivity contribution in [2.75, 3.05) is 0 Å². The number of thiophene rings is 1. The van der Waals surface area contributed by atoms with Gasteiger partial charge in [-0.05, 0) is 35.8 Å². The van der Waals surface area contributed by atoms with Gasteiger partial charge in [-0.3, -0.25) is 0 Å². The molecule has 6 heteroatoms. The fourth-order valence-electron chi connectivity index (χ4n) is 1.67. The Morgan fingerprint density at radius 2 is 2.29 bits per heavy atom. The molecule has 0 fully saturated rings. The highest BCUT2D eigenvalue weighted by atomic mass is 79.9. The van der Waals surface area contributed by atoms with Crippen LogP contribution in [0.25, 0.3) is 0 Å². The van der Waals surface area contributed by atoms with Crippen molar-refractivity contribution < 1.29 is 0 Å². The third-order valence-corrected chi connectivity index (χ3v) is 4.32. The zero-order valence-electron chi connectivity index (χ0n) is 9.80. The van der Waals surface area contributed by atoms with Crippen LogP contribution >= 0.6 is 27.3 Å². The lowest BCUT2D eigenvalue weighted by atomic mass is 10.2. The van der Waals surface area contributed by atoms with Crippen molar-refractivity contribution in [1.82, 2.24) is 14.8 Å². The largest absolute Gasteiger partial charge is 0.323 e. The Bertz CT molecular complexity index is 491. The molecule has 0 aliphatic carbocycles. The van der Waals surface area contributed by atoms with Crippen molar-refractivity contribution in [2.45, 2.75) is 32.4 Å². The van der Waals surface area contributed by atoms with Gasteiger partial charge in [0.1, 0.15) is 12.2 Å². The Labute approximate surface area is 113 Å². The Hall–Kier alpha value is -0.720. The van der Waals surface area contributed by atoms with Gasteiger partial charge in [0.2, 0.25) is 0 Å². The Balaban J connectivity index is 2.13. The molecule has 0 amide bonds. The monoisotopic (exact) mass is 314 g/mol. The summed E-state index contributed by atoms with van der Waals surface area (Å²) in [6, 6.07) is 2.36. The van der Waals surface area contributed by atoms with Crippen molar-refractivity contribution in [3.05, 3.63) is 32.9 Å². The summed E-state index contributed by atoms with van der Waals surface area (Å²) in [5.74, 6) is 0.942. The molecule has 0 aliphatic rings. The maximum absolute atomic E-state index is 6.18. The van der Waals surface area contributed by atoms with Crippen molar-refractivity contribution in [2.24, 2.45) is 5.73 Å². The van der Waals surface area contributed by atoms with Crippen LogP contribution < -0.4 is 5.73 Å². The van der Waals surface area contributed by atoms with Crippen LogP contribution in [0.5, 0.6) is 0 Å². The lowest BCUT2D eigenvalue weighted by Gasteiger charge is -2.12. The molecule has 1 atom stereocenters. The van der Waals surface area contributed by atoms with E-state index < -0.39 is 0 Å². The van der Waals surface area contributed by atoms with Gasteiger partial charge < -0.3 is 5.73 Å². The average Bonchev–Trinajstić information content (AvgIpc) is 2.86. The Morgan fingerprint density at radius 1 is 1.53 bits per heavy atom. The first-order valence-electron chi connectivity index (χ1n) is 5.46. The fourth-order valence-corrected chi connectivity index (χ4v) is 3.12. The summed E-state index contributed by atoms with van der Waals surface area (Å²) in [5, 5.41) is 6.26. The second-order valence-electron chi connectivity index (χ2n) is 4.19. The summed E-state index contributed by atoms with van der Waals surface area (Å²) in [5.41, 5.74) is 6.18. The van der Waals surface area contributed by atoms with E-state index in [4.69, 9.17) is 5.73 Å². The van der Waals surface area contributed by atoms with Crippen molar-refractivity contribution >= 4 is 27.3 Å². The molecular weight excluding hydrogens is 300 g/mol. The lowest BCUT2D eigenvalue weighted by Crippen LogP contribution is -2.17. The van der Waals surface area contributed by atoms with Gasteiger partial charge in [-0.25, -0.2) is 9.67 Å². The number of hydrogen-bond donors (Lipinski definition) is 1. The van der Waals surface area contributed by atoms with Crippen LogP contribution in [0, 0.1) is 0 Å². The maximum atomic E-state index is 6.18. The topological polar surface area (TPSA) is 56.7 Å². The zero-order chi connectivity index (χ0) is 12.4. The Kier molecular flexibility index (Phi) is 3.96. The van der Waals surface area contributed by atoms with E-state index >= 15 is 0 Å². The molecule has 0 spiro atoms. The maximum Gasteiger partial charge on any atom is 0.138 e. The van der Waals surface area contributed by atoms with E-state index in [0.29, 0.717) is 12.5 Å². The molecule has 17 heavy (non-hydrogen) atoms. The molecular formula is C11H15BrN4S. The zero-order valence-corrected chi connectivity index (χ0v) is 12.2. The van der Waals surface area contributed by atoms with Gasteiger partial charge >= 0.3 is 0 Å². The molecule has 4 nitrogen and oxygen atoms in total. The summed E-state index contributed by atoms with van der Waals surface area (Å²) in [6.07, 6.45) is 2.30. The lowest BCUT2D eigenvalue weighted by molar-refractivity contribution is 0.494. The fraction of sp³-hybridized carbons (Fsp3) is 0.455. The molecule has 0 aliphatic heterocycles. The molecule has 92 valence electrons. The third-order valence-electron chi connectivity index (χ3n) is 2.49. The number of nitrogens with zero attached hydrogens (tertiary/aromatic N) is 3. The molecule has 2 rings (SSSR count). The number of hydrogen-bond acceptors (Lipinski definition) is 4. The normalized spacial score (nSPS) is 13.2. The number of nitrogens with two attached hydrogens (primary N) is 1. The molecule has 0 bridgehead atoms. The van der Waals surface area contributed by atoms with Crippen LogP contribution in [0.15, 0.2) is 22.2 Å². The van der Waals surface area contributed by atoms with E-state index in [1.165, 1.54) is 0 Å². The first kappa shape index (κ1) is 12.7. The molecule has 0 saturated heterocycles. The quantitative estimate of drug-likeness (QED) is 0.944. The molecule has 2 heterocycles. The highest BCUT2D eigenvalue weighted by Crippen LogP contribution is 2.26. The predicted octanol–water partition coefficient (Wildman–Crippen LogP) is 2.93. The van der Waals surface area contributed by atoms with Crippen LogP contribution in [0.4, 0.5) is 0 Å². The van der Waals surface area contributed by atoms with Gasteiger partial charge in [0.25, 0.3) is 0 Å². The second kappa shape index (κ2) is 5.29. The SMILES string of the molecule is CC(C)n1ncnc1CC(N)c1cc(Br)cs1. The number of aromatic nitrogens is 3. The summed E-state index contributed by atoms with van der Waals surface area (Å²) in [7, 11) is 0. The number of halogens is 1. The van der Waals surface area contributed by atoms with E-state index in [1.54, 1.807) is 17.7 Å². The van der Waals surface area contributed by atoms with Crippen molar-refractivity contribution in [1.29, 1.82) is 0 Å². The summed E-state index contributed by atoms with van der Waals surface area (Å²) in [6.45, 7) is 4.18. The van der Waals surface area contributed by atoms with Gasteiger partial charge in [-0.1, -0.05) is 0 Å². The smallest absolute Gasteiger partial charge is 0.138 e. The van der Waals surface area contributed by atoms with Crippen LogP contribution in [0.3, 0.4) is 0 Å². The predicted molar refractivity (Wildman–Crippen MR) is 73.1 cm³/mol. The van der Waals surface area contributed by atoms with Crippen LogP contribution in [0.2, 0.25) is 0 Å². The molecule has 0 saturated carbocycles. The second-order valence-corrected chi connectivity index (χ2v) is 6.05. The first-order valence-corrected chi connectivity index (χ1v) is 7.13. The highest BCUT2D eigenvalue weighted by molar-refractivity contribution is 9.10. The minimum absolute atomic E-state index is 0.0204. The summed E-state index contributed by atoms with van der Waals surface area (Å²) >= 11 is 5.10.